The minimum atomic E-state index is -0.315. The molecular weight excluding hydrogens is 280 g/mol. The molecule has 114 valence electrons. The molecule has 0 saturated carbocycles. The number of nitrogens with zero attached hydrogens (tertiary/aromatic N) is 1. The number of amides is 1. The van der Waals surface area contributed by atoms with Gasteiger partial charge in [0.05, 0.1) is 6.26 Å². The number of rotatable bonds is 6. The third-order valence-electron chi connectivity index (χ3n) is 2.91. The van der Waals surface area contributed by atoms with E-state index in [1.54, 1.807) is 24.5 Å². The summed E-state index contributed by atoms with van der Waals surface area (Å²) in [5, 5.41) is 3.79. The summed E-state index contributed by atoms with van der Waals surface area (Å²) in [7, 11) is 0. The van der Waals surface area contributed by atoms with Crippen LogP contribution in [0.3, 0.4) is 0 Å². The first kappa shape index (κ1) is 15.6. The highest BCUT2D eigenvalue weighted by atomic mass is 16.5. The van der Waals surface area contributed by atoms with Crippen LogP contribution in [0.25, 0.3) is 6.08 Å². The highest BCUT2D eigenvalue weighted by Crippen LogP contribution is 2.21. The summed E-state index contributed by atoms with van der Waals surface area (Å²) in [5.41, 5.74) is 4.39. The quantitative estimate of drug-likeness (QED) is 0.658. The summed E-state index contributed by atoms with van der Waals surface area (Å²) in [4.78, 5) is 11.6. The molecule has 1 N–H and O–H groups in total. The predicted octanol–water partition coefficient (Wildman–Crippen LogP) is 3.09. The molecule has 1 aromatic carbocycles. The highest BCUT2D eigenvalue weighted by Gasteiger charge is 2.06. The van der Waals surface area contributed by atoms with Crippen LogP contribution >= 0.6 is 0 Å². The molecule has 1 heterocycles. The third-order valence-corrected chi connectivity index (χ3v) is 2.91. The van der Waals surface area contributed by atoms with Gasteiger partial charge in [0, 0.05) is 6.21 Å². The Kier molecular flexibility index (Phi) is 5.54. The molecule has 2 aromatic rings. The van der Waals surface area contributed by atoms with Crippen molar-refractivity contribution in [2.45, 2.75) is 13.8 Å². The van der Waals surface area contributed by atoms with Crippen LogP contribution in [-0.2, 0) is 4.79 Å². The van der Waals surface area contributed by atoms with Crippen LogP contribution in [0.2, 0.25) is 0 Å². The maximum atomic E-state index is 11.6. The summed E-state index contributed by atoms with van der Waals surface area (Å²) in [6.07, 6.45) is 6.47. The zero-order valence-corrected chi connectivity index (χ0v) is 12.6. The van der Waals surface area contributed by atoms with E-state index in [1.807, 2.05) is 38.1 Å². The van der Waals surface area contributed by atoms with Gasteiger partial charge in [0.15, 0.2) is 6.61 Å². The maximum absolute atomic E-state index is 11.6. The summed E-state index contributed by atoms with van der Waals surface area (Å²) < 4.78 is 10.6. The molecule has 0 radical (unpaired) electrons. The fraction of sp³-hybridized carbons (Fsp3) is 0.176. The van der Waals surface area contributed by atoms with E-state index in [2.05, 4.69) is 10.5 Å². The van der Waals surface area contributed by atoms with Gasteiger partial charge >= 0.3 is 0 Å². The number of aryl methyl sites for hydroxylation is 2. The summed E-state index contributed by atoms with van der Waals surface area (Å²) in [6, 6.07) is 9.45. The highest BCUT2D eigenvalue weighted by molar-refractivity contribution is 5.81. The Morgan fingerprint density at radius 1 is 1.27 bits per heavy atom. The number of para-hydroxylation sites is 1. The second kappa shape index (κ2) is 7.83. The number of allylic oxidation sites excluding steroid dienone is 1. The number of nitrogens with one attached hydrogen (secondary N) is 1. The van der Waals surface area contributed by atoms with Crippen molar-refractivity contribution in [3.8, 4) is 5.75 Å². The van der Waals surface area contributed by atoms with E-state index < -0.39 is 0 Å². The van der Waals surface area contributed by atoms with Crippen LogP contribution < -0.4 is 10.2 Å². The number of hydrogen-bond acceptors (Lipinski definition) is 4. The SMILES string of the molecule is Cc1cccc(C)c1OCC(=O)N/N=C\C=C\c1ccco1. The number of carbonyl (C=O) groups is 1. The minimum absolute atomic E-state index is 0.0784. The molecule has 1 aromatic heterocycles. The van der Waals surface area contributed by atoms with Crippen molar-refractivity contribution in [3.05, 3.63) is 59.6 Å². The Morgan fingerprint density at radius 3 is 2.73 bits per heavy atom. The number of hydrogen-bond donors (Lipinski definition) is 1. The van der Waals surface area contributed by atoms with Crippen LogP contribution in [0.5, 0.6) is 5.75 Å². The average Bonchev–Trinajstić information content (AvgIpc) is 2.99. The van der Waals surface area contributed by atoms with Crippen molar-refractivity contribution in [1.29, 1.82) is 0 Å². The molecule has 0 fully saturated rings. The molecule has 1 amide bonds. The lowest BCUT2D eigenvalue weighted by atomic mass is 10.1. The van der Waals surface area contributed by atoms with Gasteiger partial charge in [0.1, 0.15) is 11.5 Å². The molecule has 0 atom stereocenters. The van der Waals surface area contributed by atoms with Crippen LogP contribution in [-0.4, -0.2) is 18.7 Å². The molecule has 0 spiro atoms. The molecule has 0 unspecified atom stereocenters. The van der Waals surface area contributed by atoms with E-state index in [0.717, 1.165) is 22.6 Å². The standard InChI is InChI=1S/C17H18N2O3/c1-13-6-3-7-14(2)17(13)22-12-16(20)19-18-10-4-8-15-9-5-11-21-15/h3-11H,12H2,1-2H3,(H,19,20)/b8-4+,18-10-. The fourth-order valence-electron chi connectivity index (χ4n) is 1.87. The summed E-state index contributed by atoms with van der Waals surface area (Å²) in [6.45, 7) is 3.81. The van der Waals surface area contributed by atoms with Gasteiger partial charge in [-0.2, -0.15) is 5.10 Å². The molecule has 0 aliphatic rings. The van der Waals surface area contributed by atoms with Crippen LogP contribution in [0, 0.1) is 13.8 Å². The van der Waals surface area contributed by atoms with Gasteiger partial charge in [0.2, 0.25) is 0 Å². The normalized spacial score (nSPS) is 11.2. The van der Waals surface area contributed by atoms with Crippen LogP contribution in [0.4, 0.5) is 0 Å². The molecule has 22 heavy (non-hydrogen) atoms. The summed E-state index contributed by atoms with van der Waals surface area (Å²) >= 11 is 0. The van der Waals surface area contributed by atoms with Crippen molar-refractivity contribution < 1.29 is 13.9 Å². The second-order valence-corrected chi connectivity index (χ2v) is 4.70. The van der Waals surface area contributed by atoms with Gasteiger partial charge in [-0.05, 0) is 49.3 Å². The van der Waals surface area contributed by atoms with E-state index in [4.69, 9.17) is 9.15 Å². The molecule has 0 aliphatic carbocycles. The Bertz CT molecular complexity index is 653. The second-order valence-electron chi connectivity index (χ2n) is 4.70. The molecule has 2 rings (SSSR count). The number of ether oxygens (including phenoxy) is 1. The largest absolute Gasteiger partial charge is 0.483 e. The van der Waals surface area contributed by atoms with Gasteiger partial charge in [0.25, 0.3) is 5.91 Å². The molecule has 0 saturated heterocycles. The average molecular weight is 298 g/mol. The number of hydrazone groups is 1. The molecule has 5 heteroatoms. The van der Waals surface area contributed by atoms with E-state index >= 15 is 0 Å². The van der Waals surface area contributed by atoms with E-state index in [0.29, 0.717) is 0 Å². The summed E-state index contributed by atoms with van der Waals surface area (Å²) in [5.74, 6) is 1.14. The zero-order chi connectivity index (χ0) is 15.8. The first-order chi connectivity index (χ1) is 10.7. The maximum Gasteiger partial charge on any atom is 0.277 e. The topological polar surface area (TPSA) is 63.8 Å². The lowest BCUT2D eigenvalue weighted by Gasteiger charge is -2.10. The van der Waals surface area contributed by atoms with Crippen molar-refractivity contribution >= 4 is 18.2 Å². The molecule has 0 bridgehead atoms. The van der Waals surface area contributed by atoms with Gasteiger partial charge < -0.3 is 9.15 Å². The number of carbonyl (C=O) groups excluding carboxylic acids is 1. The first-order valence-corrected chi connectivity index (χ1v) is 6.88. The van der Waals surface area contributed by atoms with E-state index in [-0.39, 0.29) is 12.5 Å². The Morgan fingerprint density at radius 2 is 2.05 bits per heavy atom. The van der Waals surface area contributed by atoms with Crippen molar-refractivity contribution in [3.63, 3.8) is 0 Å². The lowest BCUT2D eigenvalue weighted by Crippen LogP contribution is -2.24. The molecule has 5 nitrogen and oxygen atoms in total. The Hall–Kier alpha value is -2.82. The third kappa shape index (κ3) is 4.63. The Labute approximate surface area is 129 Å². The monoisotopic (exact) mass is 298 g/mol. The fourth-order valence-corrected chi connectivity index (χ4v) is 1.87. The van der Waals surface area contributed by atoms with Crippen LogP contribution in [0.1, 0.15) is 16.9 Å². The number of benzene rings is 1. The number of furan rings is 1. The lowest BCUT2D eigenvalue weighted by molar-refractivity contribution is -0.123. The predicted molar refractivity (Wildman–Crippen MR) is 85.8 cm³/mol. The Balaban J connectivity index is 1.76. The van der Waals surface area contributed by atoms with Gasteiger partial charge in [-0.3, -0.25) is 4.79 Å². The van der Waals surface area contributed by atoms with Gasteiger partial charge in [-0.15, -0.1) is 0 Å². The first-order valence-electron chi connectivity index (χ1n) is 6.88. The van der Waals surface area contributed by atoms with Crippen molar-refractivity contribution in [1.82, 2.24) is 5.43 Å². The van der Waals surface area contributed by atoms with Crippen molar-refractivity contribution in [2.75, 3.05) is 6.61 Å². The molecular formula is C17H18N2O3. The molecule has 0 aliphatic heterocycles. The van der Waals surface area contributed by atoms with Gasteiger partial charge in [-0.25, -0.2) is 5.43 Å². The van der Waals surface area contributed by atoms with E-state index in [1.165, 1.54) is 6.21 Å². The van der Waals surface area contributed by atoms with Gasteiger partial charge in [-0.1, -0.05) is 18.2 Å². The van der Waals surface area contributed by atoms with Crippen molar-refractivity contribution in [2.24, 2.45) is 5.10 Å². The minimum Gasteiger partial charge on any atom is -0.483 e. The van der Waals surface area contributed by atoms with E-state index in [9.17, 15) is 4.79 Å². The zero-order valence-electron chi connectivity index (χ0n) is 12.6. The smallest absolute Gasteiger partial charge is 0.277 e. The van der Waals surface area contributed by atoms with Crippen LogP contribution in [0.15, 0.2) is 52.2 Å².